The first-order valence-electron chi connectivity index (χ1n) is 15.7. The number of aromatic nitrogens is 5. The smallest absolute Gasteiger partial charge is 0.279 e. The first-order valence-corrected chi connectivity index (χ1v) is 18.6. The summed E-state index contributed by atoms with van der Waals surface area (Å²) in [5.74, 6) is -0.606. The monoisotopic (exact) mass is 640 g/mol. The van der Waals surface area contributed by atoms with E-state index in [1.165, 1.54) is 4.68 Å². The molecule has 0 saturated carbocycles. The predicted molar refractivity (Wildman–Crippen MR) is 175 cm³/mol. The number of rotatable bonds is 9. The number of hydrogen-bond donors (Lipinski definition) is 2. The highest BCUT2D eigenvalue weighted by molar-refractivity contribution is 6.72. The molecule has 4 atom stereocenters. The van der Waals surface area contributed by atoms with Crippen molar-refractivity contribution in [3.8, 4) is 5.69 Å². The largest absolute Gasteiger partial charge is 0.396 e. The molecule has 238 valence electrons. The summed E-state index contributed by atoms with van der Waals surface area (Å²) in [6.45, 7) is 6.03. The summed E-state index contributed by atoms with van der Waals surface area (Å²) in [6.07, 6.45) is 2.17. The third-order valence-electron chi connectivity index (χ3n) is 9.57. The molecule has 1 spiro atoms. The molecule has 1 amide bonds. The topological polar surface area (TPSA) is 118 Å². The minimum atomic E-state index is -3.31. The maximum atomic E-state index is 16.2. The third kappa shape index (κ3) is 4.91. The van der Waals surface area contributed by atoms with Crippen molar-refractivity contribution < 1.29 is 18.7 Å². The van der Waals surface area contributed by atoms with E-state index in [2.05, 4.69) is 15.4 Å². The standard InChI is InChI=1S/C34H37FN6O4Si/c1-22-31(46(2,3)35)30(15-17-39-21-24(16-18-42)36-38-39)45-34(22)27-12-5-7-14-29(27)40(33(34)44)20-23-9-8-10-25(19-23)41-32(43)26-11-4-6-13-28(26)37-41/h4-14,19,21-22,30-31,37,42H,15-18,20H2,1-3H3/t22-,30+,31-,34+/m0/s1. The maximum Gasteiger partial charge on any atom is 0.279 e. The van der Waals surface area contributed by atoms with Crippen molar-refractivity contribution in [2.75, 3.05) is 11.5 Å². The van der Waals surface area contributed by atoms with E-state index in [4.69, 9.17) is 4.74 Å². The van der Waals surface area contributed by atoms with Crippen molar-refractivity contribution in [1.82, 2.24) is 24.8 Å². The molecule has 0 bridgehead atoms. The molecule has 4 heterocycles. The Bertz CT molecular complexity index is 1980. The van der Waals surface area contributed by atoms with Gasteiger partial charge in [0.1, 0.15) is 0 Å². The van der Waals surface area contributed by atoms with Crippen LogP contribution in [0.15, 0.2) is 83.8 Å². The summed E-state index contributed by atoms with van der Waals surface area (Å²) < 4.78 is 26.2. The average Bonchev–Trinajstić information content (AvgIpc) is 3.77. The van der Waals surface area contributed by atoms with Gasteiger partial charge in [0.25, 0.3) is 11.5 Å². The number of anilines is 1. The van der Waals surface area contributed by atoms with Crippen LogP contribution >= 0.6 is 0 Å². The van der Waals surface area contributed by atoms with Gasteiger partial charge in [0.2, 0.25) is 8.41 Å². The molecule has 0 aliphatic carbocycles. The van der Waals surface area contributed by atoms with Gasteiger partial charge in [-0.05, 0) is 55.4 Å². The van der Waals surface area contributed by atoms with E-state index < -0.39 is 31.6 Å². The van der Waals surface area contributed by atoms with Crippen molar-refractivity contribution >= 4 is 30.9 Å². The van der Waals surface area contributed by atoms with Gasteiger partial charge in [-0.3, -0.25) is 19.4 Å². The zero-order valence-corrected chi connectivity index (χ0v) is 27.1. The molecule has 3 aromatic carbocycles. The number of aryl methyl sites for hydroxylation is 1. The van der Waals surface area contributed by atoms with Gasteiger partial charge in [0.05, 0.1) is 40.6 Å². The Kier molecular flexibility index (Phi) is 7.53. The summed E-state index contributed by atoms with van der Waals surface area (Å²) in [5.41, 5.74) is 2.54. The van der Waals surface area contributed by atoms with Crippen molar-refractivity contribution in [2.24, 2.45) is 5.92 Å². The quantitative estimate of drug-likeness (QED) is 0.176. The van der Waals surface area contributed by atoms with Crippen LogP contribution in [0.2, 0.25) is 18.6 Å². The summed E-state index contributed by atoms with van der Waals surface area (Å²) >= 11 is 0. The average molecular weight is 641 g/mol. The Morgan fingerprint density at radius 1 is 1.07 bits per heavy atom. The molecule has 10 nitrogen and oxygen atoms in total. The van der Waals surface area contributed by atoms with E-state index >= 15 is 4.11 Å². The van der Waals surface area contributed by atoms with E-state index in [0.717, 1.165) is 22.3 Å². The second-order valence-electron chi connectivity index (χ2n) is 12.9. The number of nitrogens with one attached hydrogen (secondary N) is 1. The van der Waals surface area contributed by atoms with Crippen LogP contribution < -0.4 is 10.5 Å². The van der Waals surface area contributed by atoms with Gasteiger partial charge in [-0.1, -0.05) is 54.6 Å². The first kappa shape index (κ1) is 30.3. The minimum Gasteiger partial charge on any atom is -0.396 e. The molecular formula is C34H37FN6O4Si. The number of nitrogens with zero attached hydrogens (tertiary/aromatic N) is 5. The summed E-state index contributed by atoms with van der Waals surface area (Å²) in [5, 5.41) is 21.3. The summed E-state index contributed by atoms with van der Waals surface area (Å²) in [4.78, 5) is 29.5. The van der Waals surface area contributed by atoms with E-state index in [9.17, 15) is 14.7 Å². The van der Waals surface area contributed by atoms with Crippen LogP contribution in [0.25, 0.3) is 16.6 Å². The molecule has 46 heavy (non-hydrogen) atoms. The fourth-order valence-electron chi connectivity index (χ4n) is 7.58. The number of aliphatic hydroxyl groups excluding tert-OH is 1. The molecule has 2 aliphatic heterocycles. The number of H-pyrrole nitrogens is 1. The van der Waals surface area contributed by atoms with Crippen LogP contribution in [0.3, 0.4) is 0 Å². The van der Waals surface area contributed by atoms with E-state index in [1.54, 1.807) is 34.9 Å². The number of aliphatic hydroxyl groups is 1. The number of halogens is 1. The zero-order valence-electron chi connectivity index (χ0n) is 26.1. The Balaban J connectivity index is 1.21. The van der Waals surface area contributed by atoms with Gasteiger partial charge in [-0.2, -0.15) is 0 Å². The Morgan fingerprint density at radius 3 is 2.63 bits per heavy atom. The van der Waals surface area contributed by atoms with E-state index in [1.807, 2.05) is 73.7 Å². The Labute approximate surface area is 266 Å². The molecule has 2 N–H and O–H groups in total. The van der Waals surface area contributed by atoms with Crippen LogP contribution in [-0.4, -0.2) is 56.9 Å². The van der Waals surface area contributed by atoms with Crippen LogP contribution in [0.1, 0.15) is 30.2 Å². The number of para-hydroxylation sites is 2. The lowest BCUT2D eigenvalue weighted by molar-refractivity contribution is -0.146. The van der Waals surface area contributed by atoms with Crippen molar-refractivity contribution in [3.63, 3.8) is 0 Å². The number of carbonyl (C=O) groups excluding carboxylic acids is 1. The second-order valence-corrected chi connectivity index (χ2v) is 16.7. The molecule has 0 radical (unpaired) electrons. The molecular weight excluding hydrogens is 603 g/mol. The maximum absolute atomic E-state index is 16.2. The van der Waals surface area contributed by atoms with E-state index in [0.29, 0.717) is 36.2 Å². The summed E-state index contributed by atoms with van der Waals surface area (Å²) in [6, 6.07) is 22.6. The number of ether oxygens (including phenoxy) is 1. The Morgan fingerprint density at radius 2 is 1.85 bits per heavy atom. The highest BCUT2D eigenvalue weighted by Gasteiger charge is 2.66. The predicted octanol–water partition coefficient (Wildman–Crippen LogP) is 4.86. The zero-order chi connectivity index (χ0) is 32.2. The molecule has 2 aliphatic rings. The van der Waals surface area contributed by atoms with Crippen LogP contribution in [0.4, 0.5) is 9.80 Å². The van der Waals surface area contributed by atoms with Gasteiger partial charge in [-0.15, -0.1) is 5.10 Å². The van der Waals surface area contributed by atoms with Gasteiger partial charge in [0, 0.05) is 42.8 Å². The second kappa shape index (κ2) is 11.4. The van der Waals surface area contributed by atoms with E-state index in [-0.39, 0.29) is 24.6 Å². The van der Waals surface area contributed by atoms with Gasteiger partial charge in [0.15, 0.2) is 5.60 Å². The van der Waals surface area contributed by atoms with Crippen molar-refractivity contribution in [2.45, 2.75) is 63.2 Å². The highest BCUT2D eigenvalue weighted by atomic mass is 28.4. The molecule has 12 heteroatoms. The number of aromatic amines is 1. The van der Waals surface area contributed by atoms with Crippen molar-refractivity contribution in [3.05, 3.63) is 106 Å². The number of amides is 1. The van der Waals surface area contributed by atoms with Crippen molar-refractivity contribution in [1.29, 1.82) is 0 Å². The Hall–Kier alpha value is -4.39. The molecule has 5 aromatic rings. The minimum absolute atomic E-state index is 0.0158. The highest BCUT2D eigenvalue weighted by Crippen LogP contribution is 2.60. The fourth-order valence-corrected chi connectivity index (χ4v) is 10.1. The number of fused-ring (bicyclic) bond motifs is 3. The third-order valence-corrected chi connectivity index (χ3v) is 12.0. The lowest BCUT2D eigenvalue weighted by Gasteiger charge is -2.31. The summed E-state index contributed by atoms with van der Waals surface area (Å²) in [7, 11) is -3.31. The number of benzene rings is 3. The normalized spacial score (nSPS) is 22.8. The fraction of sp³-hybridized carbons (Fsp3) is 0.353. The van der Waals surface area contributed by atoms with Crippen LogP contribution in [-0.2, 0) is 34.6 Å². The molecule has 7 rings (SSSR count). The first-order chi connectivity index (χ1) is 22.1. The molecule has 2 aromatic heterocycles. The lowest BCUT2D eigenvalue weighted by atomic mass is 9.82. The lowest BCUT2D eigenvalue weighted by Crippen LogP contribution is -2.45. The molecule has 0 unspecified atom stereocenters. The SMILES string of the molecule is C[C@H]1[C@H]([Si](C)(C)F)[C@@H](CCn2cc(CCO)nn2)O[C@]12C(=O)N(Cc1cccc(-n3[nH]c4ccccc4c3=O)c1)c1ccccc12. The molecule has 1 saturated heterocycles. The van der Waals surface area contributed by atoms with Gasteiger partial charge in [-0.25, -0.2) is 4.68 Å². The van der Waals surface area contributed by atoms with Crippen LogP contribution in [0, 0.1) is 5.92 Å². The number of hydrogen-bond acceptors (Lipinski definition) is 6. The van der Waals surface area contributed by atoms with Crippen LogP contribution in [0.5, 0.6) is 0 Å². The number of carbonyl (C=O) groups is 1. The van der Waals surface area contributed by atoms with Gasteiger partial charge >= 0.3 is 0 Å². The van der Waals surface area contributed by atoms with Gasteiger partial charge < -0.3 is 18.9 Å². The molecule has 1 fully saturated rings.